The van der Waals surface area contributed by atoms with Crippen molar-refractivity contribution in [2.45, 2.75) is 0 Å². The Bertz CT molecular complexity index is 892. The quantitative estimate of drug-likeness (QED) is 0.685. The van der Waals surface area contributed by atoms with Crippen molar-refractivity contribution in [3.63, 3.8) is 0 Å². The van der Waals surface area contributed by atoms with E-state index in [4.69, 9.17) is 0 Å². The predicted octanol–water partition coefficient (Wildman–Crippen LogP) is 1.57. The van der Waals surface area contributed by atoms with Crippen LogP contribution in [0.5, 0.6) is 0 Å². The monoisotopic (exact) mass is 373 g/mol. The van der Waals surface area contributed by atoms with Crippen LogP contribution in [0.15, 0.2) is 60.0 Å². The molecule has 0 bridgehead atoms. The SMILES string of the molecule is CNC(=O)c1ccc(NC(=O)CNS(=O)(=O)/C=C/c2ccccc2)cc1. The van der Waals surface area contributed by atoms with Crippen LogP contribution in [0, 0.1) is 0 Å². The van der Waals surface area contributed by atoms with Crippen molar-refractivity contribution >= 4 is 33.6 Å². The summed E-state index contributed by atoms with van der Waals surface area (Å²) in [4.78, 5) is 23.3. The van der Waals surface area contributed by atoms with Crippen molar-refractivity contribution in [2.75, 3.05) is 18.9 Å². The van der Waals surface area contributed by atoms with Crippen LogP contribution in [0.4, 0.5) is 5.69 Å². The minimum Gasteiger partial charge on any atom is -0.355 e. The van der Waals surface area contributed by atoms with Crippen molar-refractivity contribution in [2.24, 2.45) is 0 Å². The molecule has 0 saturated heterocycles. The average Bonchev–Trinajstić information content (AvgIpc) is 2.66. The third-order valence-corrected chi connectivity index (χ3v) is 4.37. The largest absolute Gasteiger partial charge is 0.355 e. The molecule has 0 atom stereocenters. The normalized spacial score (nSPS) is 11.3. The summed E-state index contributed by atoms with van der Waals surface area (Å²) >= 11 is 0. The molecule has 0 saturated carbocycles. The standard InChI is InChI=1S/C18H19N3O4S/c1-19-18(23)15-7-9-16(10-8-15)21-17(22)13-20-26(24,25)12-11-14-5-3-2-4-6-14/h2-12,20H,13H2,1H3,(H,19,23)(H,21,22)/b12-11+. The Balaban J connectivity index is 1.87. The Morgan fingerprint density at radius 3 is 2.27 bits per heavy atom. The van der Waals surface area contributed by atoms with E-state index in [0.29, 0.717) is 11.3 Å². The predicted molar refractivity (Wildman–Crippen MR) is 101 cm³/mol. The fourth-order valence-corrected chi connectivity index (χ4v) is 2.77. The van der Waals surface area contributed by atoms with Crippen molar-refractivity contribution in [3.05, 3.63) is 71.1 Å². The van der Waals surface area contributed by atoms with Gasteiger partial charge in [0.1, 0.15) is 0 Å². The molecule has 8 heteroatoms. The van der Waals surface area contributed by atoms with Crippen LogP contribution in [0.25, 0.3) is 6.08 Å². The van der Waals surface area contributed by atoms with E-state index >= 15 is 0 Å². The Labute approximate surface area is 152 Å². The molecule has 3 N–H and O–H groups in total. The zero-order valence-electron chi connectivity index (χ0n) is 14.1. The number of hydrogen-bond donors (Lipinski definition) is 3. The van der Waals surface area contributed by atoms with Gasteiger partial charge in [-0.2, -0.15) is 0 Å². The minimum atomic E-state index is -3.73. The molecule has 0 unspecified atom stereocenters. The van der Waals surface area contributed by atoms with E-state index in [1.165, 1.54) is 13.1 Å². The lowest BCUT2D eigenvalue weighted by Gasteiger charge is -2.07. The molecule has 0 spiro atoms. The first-order chi connectivity index (χ1) is 12.4. The van der Waals surface area contributed by atoms with Crippen molar-refractivity contribution in [1.29, 1.82) is 0 Å². The molecule has 0 aliphatic carbocycles. The number of carbonyl (C=O) groups excluding carboxylic acids is 2. The van der Waals surface area contributed by atoms with Crippen LogP contribution < -0.4 is 15.4 Å². The first-order valence-corrected chi connectivity index (χ1v) is 9.29. The first kappa shape index (κ1) is 19.4. The maximum atomic E-state index is 11.9. The Kier molecular flexibility index (Phi) is 6.65. The molecule has 26 heavy (non-hydrogen) atoms. The number of hydrogen-bond acceptors (Lipinski definition) is 4. The Hall–Kier alpha value is -2.97. The van der Waals surface area contributed by atoms with Gasteiger partial charge >= 0.3 is 0 Å². The van der Waals surface area contributed by atoms with Gasteiger partial charge in [0.15, 0.2) is 0 Å². The number of benzene rings is 2. The van der Waals surface area contributed by atoms with Crippen LogP contribution in [0.3, 0.4) is 0 Å². The zero-order valence-corrected chi connectivity index (χ0v) is 14.9. The summed E-state index contributed by atoms with van der Waals surface area (Å²) in [7, 11) is -2.21. The molecule has 2 aromatic rings. The second-order valence-corrected chi connectivity index (χ2v) is 6.94. The van der Waals surface area contributed by atoms with Gasteiger partial charge in [-0.15, -0.1) is 0 Å². The zero-order chi connectivity index (χ0) is 19.0. The van der Waals surface area contributed by atoms with Crippen LogP contribution in [0.2, 0.25) is 0 Å². The summed E-state index contributed by atoms with van der Waals surface area (Å²) < 4.78 is 26.0. The summed E-state index contributed by atoms with van der Waals surface area (Å²) in [6.07, 6.45) is 1.44. The fraction of sp³-hybridized carbons (Fsp3) is 0.111. The maximum absolute atomic E-state index is 11.9. The molecular formula is C18H19N3O4S. The molecule has 0 heterocycles. The molecular weight excluding hydrogens is 354 g/mol. The van der Waals surface area contributed by atoms with E-state index in [2.05, 4.69) is 15.4 Å². The van der Waals surface area contributed by atoms with Crippen LogP contribution >= 0.6 is 0 Å². The number of amides is 2. The maximum Gasteiger partial charge on any atom is 0.251 e. The number of anilines is 1. The van der Waals surface area contributed by atoms with Crippen molar-refractivity contribution in [1.82, 2.24) is 10.0 Å². The summed E-state index contributed by atoms with van der Waals surface area (Å²) in [6.45, 7) is -0.404. The lowest BCUT2D eigenvalue weighted by molar-refractivity contribution is -0.115. The van der Waals surface area contributed by atoms with Gasteiger partial charge in [-0.1, -0.05) is 30.3 Å². The number of carbonyl (C=O) groups is 2. The van der Waals surface area contributed by atoms with Crippen LogP contribution in [0.1, 0.15) is 15.9 Å². The summed E-state index contributed by atoms with van der Waals surface area (Å²) in [5.74, 6) is -0.754. The second kappa shape index (κ2) is 8.93. The summed E-state index contributed by atoms with van der Waals surface area (Å²) in [5.41, 5.74) is 1.65. The van der Waals surface area contributed by atoms with Gasteiger partial charge < -0.3 is 10.6 Å². The fourth-order valence-electron chi connectivity index (χ4n) is 2.00. The molecule has 7 nitrogen and oxygen atoms in total. The van der Waals surface area contributed by atoms with E-state index < -0.39 is 22.5 Å². The minimum absolute atomic E-state index is 0.235. The highest BCUT2D eigenvalue weighted by Crippen LogP contribution is 2.09. The summed E-state index contributed by atoms with van der Waals surface area (Å²) in [5, 5.41) is 6.05. The Morgan fingerprint density at radius 1 is 1.00 bits per heavy atom. The van der Waals surface area contributed by atoms with Crippen molar-refractivity contribution in [3.8, 4) is 0 Å². The molecule has 0 aliphatic heterocycles. The third-order valence-electron chi connectivity index (χ3n) is 3.33. The van der Waals surface area contributed by atoms with Gasteiger partial charge in [-0.3, -0.25) is 9.59 Å². The molecule has 0 aromatic heterocycles. The Morgan fingerprint density at radius 2 is 1.65 bits per heavy atom. The highest BCUT2D eigenvalue weighted by Gasteiger charge is 2.09. The van der Waals surface area contributed by atoms with Gasteiger partial charge in [0, 0.05) is 23.7 Å². The van der Waals surface area contributed by atoms with Crippen LogP contribution in [-0.2, 0) is 14.8 Å². The molecule has 0 radical (unpaired) electrons. The molecule has 2 aromatic carbocycles. The highest BCUT2D eigenvalue weighted by atomic mass is 32.2. The van der Waals surface area contributed by atoms with E-state index in [-0.39, 0.29) is 5.91 Å². The number of sulfonamides is 1. The molecule has 2 rings (SSSR count). The topological polar surface area (TPSA) is 104 Å². The van der Waals surface area contributed by atoms with Crippen LogP contribution in [-0.4, -0.2) is 33.8 Å². The average molecular weight is 373 g/mol. The summed E-state index contributed by atoms with van der Waals surface area (Å²) in [6, 6.07) is 15.2. The lowest BCUT2D eigenvalue weighted by Crippen LogP contribution is -2.31. The van der Waals surface area contributed by atoms with Gasteiger partial charge in [0.05, 0.1) is 6.54 Å². The number of rotatable bonds is 7. The molecule has 0 fully saturated rings. The molecule has 0 aliphatic rings. The molecule has 136 valence electrons. The van der Waals surface area contributed by atoms with Gasteiger partial charge in [-0.25, -0.2) is 13.1 Å². The molecule has 2 amide bonds. The van der Waals surface area contributed by atoms with E-state index in [1.54, 1.807) is 48.5 Å². The number of nitrogens with one attached hydrogen (secondary N) is 3. The van der Waals surface area contributed by atoms with Gasteiger partial charge in [0.25, 0.3) is 5.91 Å². The third kappa shape index (κ3) is 6.15. The first-order valence-electron chi connectivity index (χ1n) is 7.74. The smallest absolute Gasteiger partial charge is 0.251 e. The van der Waals surface area contributed by atoms with Crippen molar-refractivity contribution < 1.29 is 18.0 Å². The lowest BCUT2D eigenvalue weighted by atomic mass is 10.2. The van der Waals surface area contributed by atoms with E-state index in [9.17, 15) is 18.0 Å². The van der Waals surface area contributed by atoms with Gasteiger partial charge in [0.2, 0.25) is 15.9 Å². The van der Waals surface area contributed by atoms with Gasteiger partial charge in [-0.05, 0) is 35.9 Å². The van der Waals surface area contributed by atoms with E-state index in [0.717, 1.165) is 11.0 Å². The second-order valence-electron chi connectivity index (χ2n) is 5.28. The van der Waals surface area contributed by atoms with E-state index in [1.807, 2.05) is 6.07 Å². The highest BCUT2D eigenvalue weighted by molar-refractivity contribution is 7.92.